The Bertz CT molecular complexity index is 1110. The van der Waals surface area contributed by atoms with Gasteiger partial charge in [-0.1, -0.05) is 0 Å². The van der Waals surface area contributed by atoms with Crippen molar-refractivity contribution in [3.05, 3.63) is 24.4 Å². The summed E-state index contributed by atoms with van der Waals surface area (Å²) in [6.07, 6.45) is 0.609. The van der Waals surface area contributed by atoms with Crippen LogP contribution in [0, 0.1) is 0 Å². The highest BCUT2D eigenvalue weighted by atomic mass is 32.2. The number of carbonyl (C=O) groups is 2. The molecule has 10 heteroatoms. The van der Waals surface area contributed by atoms with Crippen LogP contribution in [-0.2, 0) is 19.3 Å². The number of fused-ring (bicyclic) bond motifs is 1. The van der Waals surface area contributed by atoms with Crippen LogP contribution >= 0.6 is 0 Å². The van der Waals surface area contributed by atoms with Crippen molar-refractivity contribution >= 4 is 32.9 Å². The Kier molecular flexibility index (Phi) is 5.81. The van der Waals surface area contributed by atoms with Gasteiger partial charge >= 0.3 is 12.2 Å². The number of benzene rings is 1. The summed E-state index contributed by atoms with van der Waals surface area (Å²) in [6, 6.07) is 4.49. The van der Waals surface area contributed by atoms with Crippen molar-refractivity contribution < 1.29 is 27.5 Å². The van der Waals surface area contributed by atoms with Gasteiger partial charge in [-0.05, 0) is 66.2 Å². The zero-order chi connectivity index (χ0) is 23.2. The van der Waals surface area contributed by atoms with E-state index in [0.29, 0.717) is 23.9 Å². The smallest absolute Gasteiger partial charge is 0.435 e. The van der Waals surface area contributed by atoms with Crippen molar-refractivity contribution in [1.82, 2.24) is 14.7 Å². The fraction of sp³-hybridized carbons (Fsp3) is 0.571. The average molecular weight is 452 g/mol. The van der Waals surface area contributed by atoms with E-state index in [2.05, 4.69) is 5.10 Å². The van der Waals surface area contributed by atoms with Crippen LogP contribution in [0.2, 0.25) is 0 Å². The first kappa shape index (κ1) is 23.1. The monoisotopic (exact) mass is 451 g/mol. The molecule has 0 saturated carbocycles. The lowest BCUT2D eigenvalue weighted by Gasteiger charge is -2.24. The van der Waals surface area contributed by atoms with Gasteiger partial charge in [0.1, 0.15) is 11.2 Å². The summed E-state index contributed by atoms with van der Waals surface area (Å²) in [5.74, 6) is 0. The number of sulfone groups is 1. The molecule has 1 amide bonds. The third-order valence-corrected chi connectivity index (χ3v) is 6.84. The highest BCUT2D eigenvalue weighted by Gasteiger charge is 2.38. The minimum absolute atomic E-state index is 0.0758. The van der Waals surface area contributed by atoms with Gasteiger partial charge in [-0.3, -0.25) is 0 Å². The Morgan fingerprint density at radius 1 is 1.03 bits per heavy atom. The largest absolute Gasteiger partial charge is 0.444 e. The number of amides is 1. The minimum Gasteiger partial charge on any atom is -0.444 e. The molecule has 0 N–H and O–H groups in total. The van der Waals surface area contributed by atoms with Crippen molar-refractivity contribution in [2.75, 3.05) is 13.1 Å². The molecule has 1 aliphatic rings. The number of nitrogens with zero attached hydrogens (tertiary/aromatic N) is 3. The highest BCUT2D eigenvalue weighted by molar-refractivity contribution is 7.92. The standard InChI is InChI=1S/C21H29N3O6S/c1-20(2,3)29-18(25)23-10-9-16(13-23)31(27,28)15-7-8-17-14(11-15)12-22-24(17)19(26)30-21(4,5)6/h7-8,11-12,16H,9-10,13H2,1-6H3. The predicted molar refractivity (Wildman–Crippen MR) is 115 cm³/mol. The fourth-order valence-electron chi connectivity index (χ4n) is 3.30. The lowest BCUT2D eigenvalue weighted by molar-refractivity contribution is 0.0295. The van der Waals surface area contributed by atoms with Crippen molar-refractivity contribution in [2.45, 2.75) is 69.3 Å². The molecule has 2 heterocycles. The van der Waals surface area contributed by atoms with E-state index in [1.807, 2.05) is 0 Å². The minimum atomic E-state index is -3.68. The molecule has 1 aliphatic heterocycles. The molecule has 1 aromatic heterocycles. The Morgan fingerprint density at radius 2 is 1.65 bits per heavy atom. The van der Waals surface area contributed by atoms with Gasteiger partial charge in [0.05, 0.1) is 21.9 Å². The molecule has 1 aromatic carbocycles. The maximum atomic E-state index is 13.2. The summed E-state index contributed by atoms with van der Waals surface area (Å²) in [6.45, 7) is 11.0. The number of ether oxygens (including phenoxy) is 2. The summed E-state index contributed by atoms with van der Waals surface area (Å²) in [7, 11) is -3.68. The second-order valence-electron chi connectivity index (χ2n) is 9.64. The summed E-state index contributed by atoms with van der Waals surface area (Å²) in [5, 5.41) is 3.83. The predicted octanol–water partition coefficient (Wildman–Crippen LogP) is 3.60. The van der Waals surface area contributed by atoms with E-state index >= 15 is 0 Å². The first-order valence-electron chi connectivity index (χ1n) is 10.1. The second-order valence-corrected chi connectivity index (χ2v) is 11.9. The van der Waals surface area contributed by atoms with Gasteiger partial charge in [-0.15, -0.1) is 0 Å². The Hall–Kier alpha value is -2.62. The summed E-state index contributed by atoms with van der Waals surface area (Å²) >= 11 is 0. The van der Waals surface area contributed by atoms with Gasteiger partial charge in [0.2, 0.25) is 0 Å². The van der Waals surface area contributed by atoms with Crippen LogP contribution in [0.25, 0.3) is 10.9 Å². The molecular weight excluding hydrogens is 422 g/mol. The van der Waals surface area contributed by atoms with Crippen LogP contribution in [0.3, 0.4) is 0 Å². The second kappa shape index (κ2) is 7.81. The van der Waals surface area contributed by atoms with Crippen LogP contribution in [0.5, 0.6) is 0 Å². The van der Waals surface area contributed by atoms with Crippen LogP contribution in [-0.4, -0.2) is 64.8 Å². The summed E-state index contributed by atoms with van der Waals surface area (Å²) < 4.78 is 38.1. The normalized spacial score (nSPS) is 17.7. The summed E-state index contributed by atoms with van der Waals surface area (Å²) in [5.41, 5.74) is -0.871. The molecule has 2 aromatic rings. The molecule has 9 nitrogen and oxygen atoms in total. The lowest BCUT2D eigenvalue weighted by Crippen LogP contribution is -2.36. The van der Waals surface area contributed by atoms with Crippen LogP contribution in [0.4, 0.5) is 9.59 Å². The van der Waals surface area contributed by atoms with Crippen LogP contribution in [0.15, 0.2) is 29.3 Å². The third-order valence-electron chi connectivity index (χ3n) is 4.67. The van der Waals surface area contributed by atoms with Crippen LogP contribution < -0.4 is 0 Å². The van der Waals surface area contributed by atoms with Gasteiger partial charge in [0, 0.05) is 18.5 Å². The number of hydrogen-bond donors (Lipinski definition) is 0. The van der Waals surface area contributed by atoms with Crippen LogP contribution in [0.1, 0.15) is 48.0 Å². The first-order valence-corrected chi connectivity index (χ1v) is 11.6. The molecule has 0 spiro atoms. The SMILES string of the molecule is CC(C)(C)OC(=O)N1CCC(S(=O)(=O)c2ccc3c(cnn3C(=O)OC(C)(C)C)c2)C1. The average Bonchev–Trinajstić information content (AvgIpc) is 3.26. The Balaban J connectivity index is 1.80. The molecular formula is C21H29N3O6S. The van der Waals surface area contributed by atoms with Gasteiger partial charge in [-0.25, -0.2) is 18.0 Å². The van der Waals surface area contributed by atoms with Crippen molar-refractivity contribution in [3.8, 4) is 0 Å². The van der Waals surface area contributed by atoms with E-state index < -0.39 is 38.5 Å². The molecule has 31 heavy (non-hydrogen) atoms. The molecule has 0 aliphatic carbocycles. The van der Waals surface area contributed by atoms with Crippen molar-refractivity contribution in [1.29, 1.82) is 0 Å². The molecule has 1 unspecified atom stereocenters. The Morgan fingerprint density at radius 3 is 2.26 bits per heavy atom. The molecule has 1 saturated heterocycles. The molecule has 0 bridgehead atoms. The highest BCUT2D eigenvalue weighted by Crippen LogP contribution is 2.28. The molecule has 3 rings (SSSR count). The van der Waals surface area contributed by atoms with Crippen molar-refractivity contribution in [3.63, 3.8) is 0 Å². The molecule has 170 valence electrons. The van der Waals surface area contributed by atoms with E-state index in [4.69, 9.17) is 9.47 Å². The van der Waals surface area contributed by atoms with E-state index in [-0.39, 0.29) is 11.4 Å². The maximum Gasteiger partial charge on any atom is 0.435 e. The van der Waals surface area contributed by atoms with Gasteiger partial charge in [-0.2, -0.15) is 9.78 Å². The molecule has 0 radical (unpaired) electrons. The van der Waals surface area contributed by atoms with E-state index in [1.165, 1.54) is 23.2 Å². The number of carbonyl (C=O) groups excluding carboxylic acids is 2. The zero-order valence-corrected chi connectivity index (χ0v) is 19.5. The van der Waals surface area contributed by atoms with Gasteiger partial charge in [0.25, 0.3) is 0 Å². The number of hydrogen-bond acceptors (Lipinski definition) is 7. The quantitative estimate of drug-likeness (QED) is 0.686. The zero-order valence-electron chi connectivity index (χ0n) is 18.7. The topological polar surface area (TPSA) is 108 Å². The van der Waals surface area contributed by atoms with Gasteiger partial charge in [0.15, 0.2) is 9.84 Å². The van der Waals surface area contributed by atoms with Gasteiger partial charge < -0.3 is 14.4 Å². The van der Waals surface area contributed by atoms with E-state index in [1.54, 1.807) is 47.6 Å². The first-order chi connectivity index (χ1) is 14.2. The summed E-state index contributed by atoms with van der Waals surface area (Å²) in [4.78, 5) is 26.1. The third kappa shape index (κ3) is 5.17. The number of aromatic nitrogens is 2. The number of likely N-dealkylation sites (tertiary alicyclic amines) is 1. The van der Waals surface area contributed by atoms with E-state index in [9.17, 15) is 18.0 Å². The molecule has 1 fully saturated rings. The fourth-order valence-corrected chi connectivity index (χ4v) is 5.03. The Labute approximate surface area is 182 Å². The maximum absolute atomic E-state index is 13.2. The van der Waals surface area contributed by atoms with Crippen molar-refractivity contribution in [2.24, 2.45) is 0 Å². The molecule has 1 atom stereocenters. The number of rotatable bonds is 2. The van der Waals surface area contributed by atoms with E-state index in [0.717, 1.165) is 4.68 Å². The lowest BCUT2D eigenvalue weighted by atomic mass is 10.2.